The Bertz CT molecular complexity index is 762. The molecule has 0 saturated heterocycles. The zero-order valence-corrected chi connectivity index (χ0v) is 14.3. The summed E-state index contributed by atoms with van der Waals surface area (Å²) in [7, 11) is -3.59. The number of aryl methyl sites for hydroxylation is 1. The summed E-state index contributed by atoms with van der Waals surface area (Å²) in [6.45, 7) is 5.70. The Hall–Kier alpha value is -1.57. The third-order valence-corrected chi connectivity index (χ3v) is 5.41. The first-order valence-corrected chi connectivity index (χ1v) is 9.15. The van der Waals surface area contributed by atoms with Crippen molar-refractivity contribution in [3.05, 3.63) is 45.9 Å². The maximum absolute atomic E-state index is 12.2. The van der Waals surface area contributed by atoms with Gasteiger partial charge in [-0.15, -0.1) is 11.3 Å². The highest BCUT2D eigenvalue weighted by molar-refractivity contribution is 7.89. The fourth-order valence-corrected chi connectivity index (χ4v) is 3.70. The largest absolute Gasteiger partial charge is 0.294 e. The molecule has 1 N–H and O–H groups in total. The van der Waals surface area contributed by atoms with Gasteiger partial charge in [0, 0.05) is 29.1 Å². The number of rotatable bonds is 6. The monoisotopic (exact) mass is 338 g/mol. The fourth-order valence-electron chi connectivity index (χ4n) is 1.87. The van der Waals surface area contributed by atoms with Crippen molar-refractivity contribution in [1.29, 1.82) is 0 Å². The van der Waals surface area contributed by atoms with Gasteiger partial charge in [-0.05, 0) is 19.1 Å². The smallest absolute Gasteiger partial charge is 0.240 e. The number of hydrogen-bond donors (Lipinski definition) is 1. The average Bonchev–Trinajstić information content (AvgIpc) is 2.90. The van der Waals surface area contributed by atoms with Crippen LogP contribution in [0, 0.1) is 12.8 Å². The lowest BCUT2D eigenvalue weighted by Crippen LogP contribution is -2.22. The van der Waals surface area contributed by atoms with E-state index in [9.17, 15) is 13.2 Å². The Morgan fingerprint density at radius 1 is 1.27 bits per heavy atom. The fraction of sp³-hybridized carbons (Fsp3) is 0.333. The van der Waals surface area contributed by atoms with Crippen LogP contribution < -0.4 is 4.72 Å². The van der Waals surface area contributed by atoms with Crippen molar-refractivity contribution in [2.75, 3.05) is 0 Å². The minimum absolute atomic E-state index is 0.00274. The zero-order chi connectivity index (χ0) is 16.3. The van der Waals surface area contributed by atoms with Crippen LogP contribution in [-0.4, -0.2) is 19.2 Å². The van der Waals surface area contributed by atoms with Gasteiger partial charge in [0.1, 0.15) is 0 Å². The molecular weight excluding hydrogens is 320 g/mol. The van der Waals surface area contributed by atoms with E-state index in [1.807, 2.05) is 20.8 Å². The second kappa shape index (κ2) is 6.68. The van der Waals surface area contributed by atoms with Crippen LogP contribution in [0.15, 0.2) is 35.4 Å². The third-order valence-electron chi connectivity index (χ3n) is 3.08. The van der Waals surface area contributed by atoms with Crippen LogP contribution in [0.2, 0.25) is 0 Å². The molecule has 0 radical (unpaired) electrons. The maximum Gasteiger partial charge on any atom is 0.240 e. The molecule has 0 aliphatic rings. The number of aromatic nitrogens is 1. The molecule has 0 fully saturated rings. The summed E-state index contributed by atoms with van der Waals surface area (Å²) in [6, 6.07) is 6.01. The molecule has 2 aromatic rings. The highest BCUT2D eigenvalue weighted by Crippen LogP contribution is 2.16. The van der Waals surface area contributed by atoms with Gasteiger partial charge in [0.15, 0.2) is 5.78 Å². The van der Waals surface area contributed by atoms with E-state index in [0.29, 0.717) is 5.56 Å². The molecule has 0 aliphatic heterocycles. The molecule has 0 amide bonds. The summed E-state index contributed by atoms with van der Waals surface area (Å²) in [6.07, 6.45) is 1.66. The predicted molar refractivity (Wildman–Crippen MR) is 86.5 cm³/mol. The number of nitrogens with one attached hydrogen (secondary N) is 1. The molecule has 0 unspecified atom stereocenters. The molecule has 0 atom stereocenters. The number of hydrogen-bond acceptors (Lipinski definition) is 5. The second-order valence-corrected chi connectivity index (χ2v) is 8.30. The lowest BCUT2D eigenvalue weighted by atomic mass is 10.0. The van der Waals surface area contributed by atoms with E-state index in [2.05, 4.69) is 9.71 Å². The van der Waals surface area contributed by atoms with Gasteiger partial charge in [-0.3, -0.25) is 4.79 Å². The van der Waals surface area contributed by atoms with Crippen LogP contribution in [0.4, 0.5) is 0 Å². The van der Waals surface area contributed by atoms with Gasteiger partial charge in [-0.25, -0.2) is 18.1 Å². The quantitative estimate of drug-likeness (QED) is 0.822. The van der Waals surface area contributed by atoms with E-state index in [1.54, 1.807) is 18.3 Å². The maximum atomic E-state index is 12.2. The molecule has 0 aliphatic carbocycles. The SMILES string of the molecule is Cc1ncc(CNS(=O)(=O)c2ccc(C(=O)C(C)C)cc2)s1. The standard InChI is InChI=1S/C15H18N2O3S2/c1-10(2)15(18)12-4-6-14(7-5-12)22(19,20)17-9-13-8-16-11(3)21-13/h4-8,10,17H,9H2,1-3H3. The number of benzene rings is 1. The second-order valence-electron chi connectivity index (χ2n) is 5.21. The number of ketones is 1. The van der Waals surface area contributed by atoms with Crippen LogP contribution in [0.5, 0.6) is 0 Å². The molecule has 0 saturated carbocycles. The van der Waals surface area contributed by atoms with Gasteiger partial charge in [0.25, 0.3) is 0 Å². The summed E-state index contributed by atoms with van der Waals surface area (Å²) in [4.78, 5) is 16.9. The molecule has 2 rings (SSSR count). The topological polar surface area (TPSA) is 76.1 Å². The van der Waals surface area contributed by atoms with Crippen molar-refractivity contribution in [2.45, 2.75) is 32.2 Å². The number of thiazole rings is 1. The summed E-state index contributed by atoms with van der Waals surface area (Å²) >= 11 is 1.45. The van der Waals surface area contributed by atoms with E-state index in [0.717, 1.165) is 9.88 Å². The average molecular weight is 338 g/mol. The third kappa shape index (κ3) is 4.00. The molecule has 7 heteroatoms. The number of Topliss-reactive ketones (excluding diaryl/α,β-unsaturated/α-hetero) is 1. The van der Waals surface area contributed by atoms with Crippen LogP contribution in [0.3, 0.4) is 0 Å². The molecular formula is C15H18N2O3S2. The van der Waals surface area contributed by atoms with Crippen LogP contribution in [0.25, 0.3) is 0 Å². The highest BCUT2D eigenvalue weighted by Gasteiger charge is 2.16. The minimum Gasteiger partial charge on any atom is -0.294 e. The van der Waals surface area contributed by atoms with Crippen molar-refractivity contribution < 1.29 is 13.2 Å². The van der Waals surface area contributed by atoms with E-state index in [1.165, 1.54) is 23.5 Å². The molecule has 5 nitrogen and oxygen atoms in total. The molecule has 22 heavy (non-hydrogen) atoms. The summed E-state index contributed by atoms with van der Waals surface area (Å²) in [5.74, 6) is -0.118. The van der Waals surface area contributed by atoms with E-state index in [-0.39, 0.29) is 23.1 Å². The number of nitrogens with zero attached hydrogens (tertiary/aromatic N) is 1. The van der Waals surface area contributed by atoms with Gasteiger partial charge in [0.2, 0.25) is 10.0 Å². The first kappa shape index (κ1) is 16.8. The molecule has 1 heterocycles. The van der Waals surface area contributed by atoms with Crippen molar-refractivity contribution in [1.82, 2.24) is 9.71 Å². The molecule has 0 spiro atoms. The molecule has 1 aromatic heterocycles. The Kier molecular flexibility index (Phi) is 5.10. The Balaban J connectivity index is 2.10. The first-order chi connectivity index (χ1) is 10.3. The van der Waals surface area contributed by atoms with Crippen molar-refractivity contribution in [3.8, 4) is 0 Å². The van der Waals surface area contributed by atoms with Crippen molar-refractivity contribution in [2.24, 2.45) is 5.92 Å². The first-order valence-electron chi connectivity index (χ1n) is 6.85. The summed E-state index contributed by atoms with van der Waals surface area (Å²) in [5.41, 5.74) is 0.520. The van der Waals surface area contributed by atoms with E-state index >= 15 is 0 Å². The predicted octanol–water partition coefficient (Wildman–Crippen LogP) is 2.77. The van der Waals surface area contributed by atoms with Gasteiger partial charge in [-0.1, -0.05) is 26.0 Å². The van der Waals surface area contributed by atoms with Crippen LogP contribution >= 0.6 is 11.3 Å². The van der Waals surface area contributed by atoms with Crippen LogP contribution in [0.1, 0.15) is 34.1 Å². The van der Waals surface area contributed by atoms with E-state index < -0.39 is 10.0 Å². The zero-order valence-electron chi connectivity index (χ0n) is 12.7. The van der Waals surface area contributed by atoms with Gasteiger partial charge < -0.3 is 0 Å². The summed E-state index contributed by atoms with van der Waals surface area (Å²) < 4.78 is 27.0. The molecule has 1 aromatic carbocycles. The Morgan fingerprint density at radius 3 is 2.41 bits per heavy atom. The summed E-state index contributed by atoms with van der Waals surface area (Å²) in [5, 5.41) is 0.894. The number of sulfonamides is 1. The van der Waals surface area contributed by atoms with Gasteiger partial charge in [0.05, 0.1) is 9.90 Å². The lowest BCUT2D eigenvalue weighted by Gasteiger charge is -2.07. The highest BCUT2D eigenvalue weighted by atomic mass is 32.2. The van der Waals surface area contributed by atoms with Gasteiger partial charge in [-0.2, -0.15) is 0 Å². The molecule has 118 valence electrons. The Labute approximate surface area is 134 Å². The minimum atomic E-state index is -3.59. The lowest BCUT2D eigenvalue weighted by molar-refractivity contribution is 0.0939. The number of carbonyl (C=O) groups is 1. The van der Waals surface area contributed by atoms with Crippen molar-refractivity contribution >= 4 is 27.1 Å². The normalized spacial score (nSPS) is 11.8. The Morgan fingerprint density at radius 2 is 1.91 bits per heavy atom. The van der Waals surface area contributed by atoms with Gasteiger partial charge >= 0.3 is 0 Å². The van der Waals surface area contributed by atoms with E-state index in [4.69, 9.17) is 0 Å². The van der Waals surface area contributed by atoms with Crippen molar-refractivity contribution in [3.63, 3.8) is 0 Å². The number of carbonyl (C=O) groups excluding carboxylic acids is 1. The van der Waals surface area contributed by atoms with Crippen LogP contribution in [-0.2, 0) is 16.6 Å². The molecule has 0 bridgehead atoms.